The first-order valence-corrected chi connectivity index (χ1v) is 6.61. The van der Waals surface area contributed by atoms with Gasteiger partial charge in [0.2, 0.25) is 17.8 Å². The van der Waals surface area contributed by atoms with Crippen molar-refractivity contribution in [1.29, 1.82) is 0 Å². The molecule has 0 aliphatic carbocycles. The summed E-state index contributed by atoms with van der Waals surface area (Å²) >= 11 is 0. The highest BCUT2D eigenvalue weighted by Gasteiger charge is 2.21. The number of amides is 3. The van der Waals surface area contributed by atoms with E-state index in [-0.39, 0.29) is 18.4 Å². The maximum Gasteiger partial charge on any atom is 0.255 e. The molecule has 22 heavy (non-hydrogen) atoms. The minimum absolute atomic E-state index is 0.0477. The summed E-state index contributed by atoms with van der Waals surface area (Å²) in [5.74, 6) is -1.38. The average Bonchev–Trinajstić information content (AvgIpc) is 2.42. The van der Waals surface area contributed by atoms with Crippen LogP contribution in [-0.4, -0.2) is 47.8 Å². The molecule has 1 aromatic rings. The second kappa shape index (κ2) is 7.34. The van der Waals surface area contributed by atoms with Gasteiger partial charge in [0.05, 0.1) is 11.3 Å². The molecule has 1 atom stereocenters. The fourth-order valence-electron chi connectivity index (χ4n) is 1.70. The topological polar surface area (TPSA) is 144 Å². The first-order chi connectivity index (χ1) is 10.2. The quantitative estimate of drug-likeness (QED) is 0.571. The highest BCUT2D eigenvalue weighted by Crippen LogP contribution is 2.09. The Morgan fingerprint density at radius 2 is 1.95 bits per heavy atom. The molecule has 9 heteroatoms. The van der Waals surface area contributed by atoms with Gasteiger partial charge in [-0.05, 0) is 13.3 Å². The van der Waals surface area contributed by atoms with Crippen molar-refractivity contribution in [2.45, 2.75) is 25.8 Å². The van der Waals surface area contributed by atoms with Gasteiger partial charge in [-0.15, -0.1) is 0 Å². The SMILES string of the molecule is Cc1nc(N(C)C)ncc1C(=O)N[C@H](CCC(N)=O)C(N)=O. The van der Waals surface area contributed by atoms with Gasteiger partial charge in [-0.2, -0.15) is 0 Å². The Labute approximate surface area is 128 Å². The Bertz CT molecular complexity index is 587. The van der Waals surface area contributed by atoms with Gasteiger partial charge in [0, 0.05) is 26.7 Å². The molecule has 0 saturated carbocycles. The van der Waals surface area contributed by atoms with Crippen LogP contribution in [-0.2, 0) is 9.59 Å². The lowest BCUT2D eigenvalue weighted by atomic mass is 10.1. The Morgan fingerprint density at radius 1 is 1.32 bits per heavy atom. The third kappa shape index (κ3) is 4.69. The van der Waals surface area contributed by atoms with E-state index in [1.54, 1.807) is 25.9 Å². The smallest absolute Gasteiger partial charge is 0.255 e. The summed E-state index contributed by atoms with van der Waals surface area (Å²) in [6.45, 7) is 1.66. The number of hydrogen-bond donors (Lipinski definition) is 3. The molecule has 0 aliphatic heterocycles. The first-order valence-electron chi connectivity index (χ1n) is 6.61. The standard InChI is InChI=1S/C13H20N6O3/c1-7-8(6-16-13(17-7)19(2)3)12(22)18-9(11(15)21)4-5-10(14)20/h6,9H,4-5H2,1-3H3,(H2,14,20)(H2,15,21)(H,18,22)/t9-/m1/s1. The van der Waals surface area contributed by atoms with E-state index >= 15 is 0 Å². The summed E-state index contributed by atoms with van der Waals surface area (Å²) in [7, 11) is 3.56. The fraction of sp³-hybridized carbons (Fsp3) is 0.462. The molecular weight excluding hydrogens is 288 g/mol. The summed E-state index contributed by atoms with van der Waals surface area (Å²) < 4.78 is 0. The molecule has 0 aliphatic rings. The van der Waals surface area contributed by atoms with Gasteiger partial charge in [-0.1, -0.05) is 0 Å². The minimum atomic E-state index is -0.979. The van der Waals surface area contributed by atoms with Crippen molar-refractivity contribution >= 4 is 23.7 Å². The zero-order chi connectivity index (χ0) is 16.9. The molecule has 1 heterocycles. The summed E-state index contributed by atoms with van der Waals surface area (Å²) in [6, 6.07) is -0.979. The van der Waals surface area contributed by atoms with Crippen LogP contribution >= 0.6 is 0 Å². The van der Waals surface area contributed by atoms with E-state index in [1.165, 1.54) is 6.20 Å². The van der Waals surface area contributed by atoms with E-state index in [9.17, 15) is 14.4 Å². The third-order valence-corrected chi connectivity index (χ3v) is 2.94. The summed E-state index contributed by atoms with van der Waals surface area (Å²) in [4.78, 5) is 44.2. The Hall–Kier alpha value is -2.71. The van der Waals surface area contributed by atoms with Crippen molar-refractivity contribution in [3.8, 4) is 0 Å². The number of rotatable bonds is 7. The number of nitrogens with two attached hydrogens (primary N) is 2. The van der Waals surface area contributed by atoms with Crippen LogP contribution in [0.1, 0.15) is 28.9 Å². The second-order valence-electron chi connectivity index (χ2n) is 5.00. The number of nitrogens with one attached hydrogen (secondary N) is 1. The minimum Gasteiger partial charge on any atom is -0.370 e. The van der Waals surface area contributed by atoms with Crippen LogP contribution in [0.25, 0.3) is 0 Å². The molecule has 0 fully saturated rings. The number of carbonyl (C=O) groups is 3. The van der Waals surface area contributed by atoms with Crippen molar-refractivity contribution in [3.05, 3.63) is 17.5 Å². The molecule has 1 rings (SSSR count). The lowest BCUT2D eigenvalue weighted by Crippen LogP contribution is -2.45. The van der Waals surface area contributed by atoms with E-state index in [0.717, 1.165) is 0 Å². The Balaban J connectivity index is 2.86. The highest BCUT2D eigenvalue weighted by atomic mass is 16.2. The van der Waals surface area contributed by atoms with E-state index in [1.807, 2.05) is 0 Å². The van der Waals surface area contributed by atoms with Crippen LogP contribution < -0.4 is 21.7 Å². The number of nitrogens with zero attached hydrogens (tertiary/aromatic N) is 3. The number of aromatic nitrogens is 2. The van der Waals surface area contributed by atoms with Crippen molar-refractivity contribution in [2.75, 3.05) is 19.0 Å². The zero-order valence-electron chi connectivity index (χ0n) is 12.8. The predicted molar refractivity (Wildman–Crippen MR) is 80.0 cm³/mol. The molecule has 3 amide bonds. The van der Waals surface area contributed by atoms with Gasteiger partial charge in [-0.3, -0.25) is 14.4 Å². The summed E-state index contributed by atoms with van der Waals surface area (Å²) in [5.41, 5.74) is 10.9. The highest BCUT2D eigenvalue weighted by molar-refractivity contribution is 5.98. The summed E-state index contributed by atoms with van der Waals surface area (Å²) in [6.07, 6.45) is 1.37. The monoisotopic (exact) mass is 308 g/mol. The molecule has 9 nitrogen and oxygen atoms in total. The van der Waals surface area contributed by atoms with Gasteiger partial charge in [0.1, 0.15) is 6.04 Å². The van der Waals surface area contributed by atoms with Gasteiger partial charge in [0.15, 0.2) is 0 Å². The first kappa shape index (κ1) is 17.3. The molecule has 120 valence electrons. The third-order valence-electron chi connectivity index (χ3n) is 2.94. The van der Waals surface area contributed by atoms with Crippen molar-refractivity contribution < 1.29 is 14.4 Å². The van der Waals surface area contributed by atoms with Crippen LogP contribution in [0.4, 0.5) is 5.95 Å². The molecular formula is C13H20N6O3. The lowest BCUT2D eigenvalue weighted by Gasteiger charge is -2.16. The zero-order valence-corrected chi connectivity index (χ0v) is 12.8. The fourth-order valence-corrected chi connectivity index (χ4v) is 1.70. The van der Waals surface area contributed by atoms with Crippen LogP contribution in [0.3, 0.4) is 0 Å². The largest absolute Gasteiger partial charge is 0.370 e. The molecule has 1 aromatic heterocycles. The Kier molecular flexibility index (Phi) is 5.79. The molecule has 5 N–H and O–H groups in total. The lowest BCUT2D eigenvalue weighted by molar-refractivity contribution is -0.120. The number of anilines is 1. The number of primary amides is 2. The number of carbonyl (C=O) groups excluding carboxylic acids is 3. The van der Waals surface area contributed by atoms with Crippen LogP contribution in [0.5, 0.6) is 0 Å². The maximum absolute atomic E-state index is 12.2. The van der Waals surface area contributed by atoms with Gasteiger partial charge < -0.3 is 21.7 Å². The van der Waals surface area contributed by atoms with Gasteiger partial charge in [0.25, 0.3) is 5.91 Å². The van der Waals surface area contributed by atoms with E-state index in [0.29, 0.717) is 11.6 Å². The molecule has 0 spiro atoms. The van der Waals surface area contributed by atoms with Crippen LogP contribution in [0.15, 0.2) is 6.20 Å². The summed E-state index contributed by atoms with van der Waals surface area (Å²) in [5, 5.41) is 2.46. The normalized spacial score (nSPS) is 11.6. The molecule has 0 bridgehead atoms. The number of hydrogen-bond acceptors (Lipinski definition) is 6. The maximum atomic E-state index is 12.2. The second-order valence-corrected chi connectivity index (χ2v) is 5.00. The molecule has 0 aromatic carbocycles. The van der Waals surface area contributed by atoms with Crippen molar-refractivity contribution in [1.82, 2.24) is 15.3 Å². The number of aryl methyl sites for hydroxylation is 1. The van der Waals surface area contributed by atoms with E-state index in [2.05, 4.69) is 15.3 Å². The predicted octanol–water partition coefficient (Wildman–Crippen LogP) is -1.30. The molecule has 0 saturated heterocycles. The van der Waals surface area contributed by atoms with Crippen molar-refractivity contribution in [3.63, 3.8) is 0 Å². The molecule has 0 unspecified atom stereocenters. The van der Waals surface area contributed by atoms with Crippen molar-refractivity contribution in [2.24, 2.45) is 11.5 Å². The average molecular weight is 308 g/mol. The van der Waals surface area contributed by atoms with Gasteiger partial charge >= 0.3 is 0 Å². The molecule has 0 radical (unpaired) electrons. The van der Waals surface area contributed by atoms with Crippen LogP contribution in [0, 0.1) is 6.92 Å². The van der Waals surface area contributed by atoms with Crippen LogP contribution in [0.2, 0.25) is 0 Å². The Morgan fingerprint density at radius 3 is 2.41 bits per heavy atom. The van der Waals surface area contributed by atoms with Gasteiger partial charge in [-0.25, -0.2) is 9.97 Å². The van der Waals surface area contributed by atoms with E-state index in [4.69, 9.17) is 11.5 Å². The van der Waals surface area contributed by atoms with E-state index < -0.39 is 23.8 Å².